The van der Waals surface area contributed by atoms with Gasteiger partial charge in [0, 0.05) is 5.69 Å². The van der Waals surface area contributed by atoms with E-state index in [1.165, 1.54) is 17.3 Å². The molecule has 23 heavy (non-hydrogen) atoms. The minimum Gasteiger partial charge on any atom is -0.325 e. The van der Waals surface area contributed by atoms with Crippen LogP contribution in [0.2, 0.25) is 0 Å². The zero-order valence-corrected chi connectivity index (χ0v) is 14.3. The van der Waals surface area contributed by atoms with Crippen molar-refractivity contribution in [3.8, 4) is 0 Å². The van der Waals surface area contributed by atoms with Crippen LogP contribution >= 0.6 is 11.8 Å². The number of unbranched alkanes of at least 4 members (excludes halogenated alkanes) is 1. The van der Waals surface area contributed by atoms with Gasteiger partial charge in [-0.25, -0.2) is 0 Å². The highest BCUT2D eigenvalue weighted by Gasteiger charge is 2.33. The number of nitrogens with one attached hydrogen (secondary N) is 1. The molecule has 1 aliphatic rings. The summed E-state index contributed by atoms with van der Waals surface area (Å²) in [5, 5.41) is 2.46. The quantitative estimate of drug-likeness (QED) is 0.812. The van der Waals surface area contributed by atoms with Crippen molar-refractivity contribution in [3.05, 3.63) is 29.8 Å². The Labute approximate surface area is 140 Å². The maximum absolute atomic E-state index is 12.1. The zero-order valence-electron chi connectivity index (χ0n) is 13.5. The Balaban J connectivity index is 1.91. The molecule has 1 aromatic carbocycles. The molecule has 0 bridgehead atoms. The first-order valence-electron chi connectivity index (χ1n) is 7.86. The molecule has 2 rings (SSSR count). The number of carbonyl (C=O) groups excluding carboxylic acids is 3. The van der Waals surface area contributed by atoms with Gasteiger partial charge in [-0.05, 0) is 37.5 Å². The first-order valence-corrected chi connectivity index (χ1v) is 8.90. The van der Waals surface area contributed by atoms with Crippen LogP contribution in [-0.2, 0) is 20.8 Å². The Morgan fingerprint density at radius 3 is 2.65 bits per heavy atom. The lowest BCUT2D eigenvalue weighted by molar-refractivity contribution is -0.145. The first kappa shape index (κ1) is 17.5. The summed E-state index contributed by atoms with van der Waals surface area (Å²) in [6, 6.07) is 7.67. The summed E-state index contributed by atoms with van der Waals surface area (Å²) in [5.41, 5.74) is 1.91. The smallest absolute Gasteiger partial charge is 0.244 e. The number of amides is 3. The maximum atomic E-state index is 12.1. The summed E-state index contributed by atoms with van der Waals surface area (Å²) in [7, 11) is 0. The molecule has 0 aliphatic carbocycles. The van der Waals surface area contributed by atoms with Crippen LogP contribution in [-0.4, -0.2) is 40.2 Å². The van der Waals surface area contributed by atoms with E-state index in [1.807, 2.05) is 24.3 Å². The van der Waals surface area contributed by atoms with E-state index in [0.717, 1.165) is 24.2 Å². The van der Waals surface area contributed by atoms with Gasteiger partial charge in [-0.3, -0.25) is 19.3 Å². The highest BCUT2D eigenvalue weighted by molar-refractivity contribution is 8.01. The predicted octanol–water partition coefficient (Wildman–Crippen LogP) is 2.46. The van der Waals surface area contributed by atoms with Gasteiger partial charge < -0.3 is 5.32 Å². The fraction of sp³-hybridized carbons (Fsp3) is 0.471. The van der Waals surface area contributed by atoms with E-state index in [4.69, 9.17) is 0 Å². The molecule has 1 fully saturated rings. The van der Waals surface area contributed by atoms with E-state index in [-0.39, 0.29) is 35.3 Å². The Morgan fingerprint density at radius 1 is 1.30 bits per heavy atom. The summed E-state index contributed by atoms with van der Waals surface area (Å²) in [5.74, 6) is -0.710. The Bertz CT molecular complexity index is 586. The molecule has 124 valence electrons. The van der Waals surface area contributed by atoms with E-state index in [9.17, 15) is 14.4 Å². The van der Waals surface area contributed by atoms with Gasteiger partial charge in [-0.15, -0.1) is 11.8 Å². The average Bonchev–Trinajstić information content (AvgIpc) is 2.54. The molecule has 6 heteroatoms. The number of carbonyl (C=O) groups is 3. The van der Waals surface area contributed by atoms with E-state index >= 15 is 0 Å². The van der Waals surface area contributed by atoms with Crippen LogP contribution in [0.4, 0.5) is 5.69 Å². The molecule has 1 aliphatic heterocycles. The molecule has 0 radical (unpaired) electrons. The second-order valence-electron chi connectivity index (χ2n) is 5.62. The van der Waals surface area contributed by atoms with Crippen molar-refractivity contribution in [1.82, 2.24) is 4.90 Å². The minimum absolute atomic E-state index is 0.222. The van der Waals surface area contributed by atoms with Gasteiger partial charge in [0.25, 0.3) is 0 Å². The summed E-state index contributed by atoms with van der Waals surface area (Å²) < 4.78 is 0. The lowest BCUT2D eigenvalue weighted by Crippen LogP contribution is -2.49. The van der Waals surface area contributed by atoms with Crippen molar-refractivity contribution in [3.63, 3.8) is 0 Å². The van der Waals surface area contributed by atoms with Crippen molar-refractivity contribution in [2.45, 2.75) is 38.4 Å². The number of hydrogen-bond acceptors (Lipinski definition) is 4. The van der Waals surface area contributed by atoms with Gasteiger partial charge in [0.2, 0.25) is 17.7 Å². The van der Waals surface area contributed by atoms with Crippen LogP contribution in [0.15, 0.2) is 24.3 Å². The number of thioether (sulfide) groups is 1. The van der Waals surface area contributed by atoms with Crippen molar-refractivity contribution in [1.29, 1.82) is 0 Å². The van der Waals surface area contributed by atoms with Crippen molar-refractivity contribution in [2.24, 2.45) is 0 Å². The van der Waals surface area contributed by atoms with Crippen LogP contribution in [0.5, 0.6) is 0 Å². The fourth-order valence-corrected chi connectivity index (χ4v) is 3.15. The molecule has 0 unspecified atom stereocenters. The van der Waals surface area contributed by atoms with Crippen molar-refractivity contribution in [2.75, 3.05) is 17.6 Å². The molecule has 1 aromatic rings. The monoisotopic (exact) mass is 334 g/mol. The lowest BCUT2D eigenvalue weighted by Gasteiger charge is -2.27. The minimum atomic E-state index is -0.355. The molecule has 1 saturated heterocycles. The Hall–Kier alpha value is -1.82. The van der Waals surface area contributed by atoms with Gasteiger partial charge in [0.15, 0.2) is 0 Å². The molecular weight excluding hydrogens is 312 g/mol. The topological polar surface area (TPSA) is 66.5 Å². The summed E-state index contributed by atoms with van der Waals surface area (Å²) in [6.07, 6.45) is 3.31. The van der Waals surface area contributed by atoms with Gasteiger partial charge in [-0.1, -0.05) is 25.5 Å². The molecule has 1 heterocycles. The van der Waals surface area contributed by atoms with Crippen LogP contribution in [0.3, 0.4) is 0 Å². The molecule has 1 atom stereocenters. The van der Waals surface area contributed by atoms with Gasteiger partial charge in [-0.2, -0.15) is 0 Å². The molecular formula is C17H22N2O3S. The number of benzene rings is 1. The van der Waals surface area contributed by atoms with E-state index in [2.05, 4.69) is 12.2 Å². The SMILES string of the molecule is CCCCc1ccc(NC(=O)CN2C(=O)CS[C@H](C)C2=O)cc1. The number of imide groups is 1. The summed E-state index contributed by atoms with van der Waals surface area (Å²) in [6.45, 7) is 3.68. The second kappa shape index (κ2) is 8.15. The highest BCUT2D eigenvalue weighted by atomic mass is 32.2. The number of anilines is 1. The molecule has 0 aromatic heterocycles. The standard InChI is InChI=1S/C17H22N2O3S/c1-3-4-5-13-6-8-14(9-7-13)18-15(20)10-19-16(21)11-23-12(2)17(19)22/h6-9,12H,3-5,10-11H2,1-2H3,(H,18,20)/t12-/m1/s1. The Morgan fingerprint density at radius 2 is 2.00 bits per heavy atom. The number of aryl methyl sites for hydroxylation is 1. The van der Waals surface area contributed by atoms with Crippen LogP contribution in [0.25, 0.3) is 0 Å². The third kappa shape index (κ3) is 4.82. The molecule has 1 N–H and O–H groups in total. The van der Waals surface area contributed by atoms with E-state index in [1.54, 1.807) is 6.92 Å². The average molecular weight is 334 g/mol. The first-order chi connectivity index (χ1) is 11.0. The number of rotatable bonds is 6. The zero-order chi connectivity index (χ0) is 16.8. The van der Waals surface area contributed by atoms with Crippen molar-refractivity contribution < 1.29 is 14.4 Å². The lowest BCUT2D eigenvalue weighted by atomic mass is 10.1. The van der Waals surface area contributed by atoms with Crippen LogP contribution in [0.1, 0.15) is 32.3 Å². The molecule has 0 spiro atoms. The van der Waals surface area contributed by atoms with Gasteiger partial charge in [0.1, 0.15) is 6.54 Å². The molecule has 3 amide bonds. The molecule has 0 saturated carbocycles. The number of hydrogen-bond donors (Lipinski definition) is 1. The fourth-order valence-electron chi connectivity index (χ4n) is 2.33. The third-order valence-corrected chi connectivity index (χ3v) is 4.85. The normalized spacial score (nSPS) is 18.2. The Kier molecular flexibility index (Phi) is 6.21. The second-order valence-corrected chi connectivity index (χ2v) is 6.95. The molecule has 5 nitrogen and oxygen atoms in total. The third-order valence-electron chi connectivity index (χ3n) is 3.73. The maximum Gasteiger partial charge on any atom is 0.244 e. The van der Waals surface area contributed by atoms with Gasteiger partial charge >= 0.3 is 0 Å². The largest absolute Gasteiger partial charge is 0.325 e. The number of nitrogens with zero attached hydrogens (tertiary/aromatic N) is 1. The summed E-state index contributed by atoms with van der Waals surface area (Å²) in [4.78, 5) is 36.9. The highest BCUT2D eigenvalue weighted by Crippen LogP contribution is 2.20. The van der Waals surface area contributed by atoms with E-state index < -0.39 is 0 Å². The summed E-state index contributed by atoms with van der Waals surface area (Å²) >= 11 is 1.30. The van der Waals surface area contributed by atoms with Crippen LogP contribution < -0.4 is 5.32 Å². The van der Waals surface area contributed by atoms with Gasteiger partial charge in [0.05, 0.1) is 11.0 Å². The van der Waals surface area contributed by atoms with Crippen molar-refractivity contribution >= 4 is 35.2 Å². The van der Waals surface area contributed by atoms with E-state index in [0.29, 0.717) is 5.69 Å². The predicted molar refractivity (Wildman–Crippen MR) is 92.3 cm³/mol. The van der Waals surface area contributed by atoms with Crippen LogP contribution in [0, 0.1) is 0 Å².